The molecule has 0 saturated carbocycles. The molecule has 2 unspecified atom stereocenters. The average molecular weight is 336 g/mol. The van der Waals surface area contributed by atoms with Gasteiger partial charge < -0.3 is 10.1 Å². The maximum atomic E-state index is 12.4. The summed E-state index contributed by atoms with van der Waals surface area (Å²) in [6.45, 7) is 11.0. The van der Waals surface area contributed by atoms with Gasteiger partial charge in [0, 0.05) is 5.56 Å². The van der Waals surface area contributed by atoms with Crippen molar-refractivity contribution in [2.75, 3.05) is 0 Å². The fourth-order valence-corrected chi connectivity index (χ4v) is 2.08. The van der Waals surface area contributed by atoms with Crippen LogP contribution in [0.4, 0.5) is 0 Å². The molecule has 0 saturated heterocycles. The van der Waals surface area contributed by atoms with Gasteiger partial charge in [0.2, 0.25) is 0 Å². The first kappa shape index (κ1) is 20.1. The molecule has 0 heterocycles. The Bertz CT molecular complexity index is 538. The zero-order chi connectivity index (χ0) is 18.3. The average Bonchev–Trinajstić information content (AvgIpc) is 2.49. The van der Waals surface area contributed by atoms with Gasteiger partial charge in [-0.2, -0.15) is 0 Å². The zero-order valence-electron chi connectivity index (χ0n) is 15.3. The zero-order valence-corrected chi connectivity index (χ0v) is 15.3. The predicted octanol–water partition coefficient (Wildman–Crippen LogP) is 2.44. The molecule has 0 fully saturated rings. The van der Waals surface area contributed by atoms with Crippen LogP contribution in [0.5, 0.6) is 0 Å². The normalized spacial score (nSPS) is 14.1. The van der Waals surface area contributed by atoms with Gasteiger partial charge in [-0.3, -0.25) is 14.4 Å². The van der Waals surface area contributed by atoms with Gasteiger partial charge in [0.05, 0.1) is 17.8 Å². The molecule has 0 radical (unpaired) electrons. The van der Waals surface area contributed by atoms with Crippen LogP contribution in [0.15, 0.2) is 30.3 Å². The molecule has 1 rings (SSSR count). The Labute approximate surface area is 143 Å². The first-order valence-electron chi connectivity index (χ1n) is 8.09. The number of hydroxylamine groups is 1. The van der Waals surface area contributed by atoms with Gasteiger partial charge in [0.15, 0.2) is 0 Å². The number of ether oxygens (including phenoxy) is 1. The number of carbonyl (C=O) groups is 2. The molecule has 6 heteroatoms. The van der Waals surface area contributed by atoms with Crippen molar-refractivity contribution in [1.82, 2.24) is 10.8 Å². The number of amides is 2. The van der Waals surface area contributed by atoms with Crippen molar-refractivity contribution in [2.24, 2.45) is 0 Å². The fourth-order valence-electron chi connectivity index (χ4n) is 2.08. The molecule has 1 aromatic rings. The van der Waals surface area contributed by atoms with Gasteiger partial charge in [0.25, 0.3) is 11.8 Å². The lowest BCUT2D eigenvalue weighted by Gasteiger charge is -2.30. The summed E-state index contributed by atoms with van der Waals surface area (Å²) in [4.78, 5) is 29.9. The third-order valence-electron chi connectivity index (χ3n) is 3.01. The quantitative estimate of drug-likeness (QED) is 0.750. The minimum atomic E-state index is -0.879. The summed E-state index contributed by atoms with van der Waals surface area (Å²) in [5.41, 5.74) is 2.40. The van der Waals surface area contributed by atoms with E-state index in [0.29, 0.717) is 5.56 Å². The van der Waals surface area contributed by atoms with E-state index in [4.69, 9.17) is 9.57 Å². The van der Waals surface area contributed by atoms with E-state index >= 15 is 0 Å². The molecular formula is C18H28N2O4. The number of benzene rings is 1. The summed E-state index contributed by atoms with van der Waals surface area (Å²) in [5.74, 6) is -0.797. The van der Waals surface area contributed by atoms with E-state index in [-0.39, 0.29) is 12.0 Å². The van der Waals surface area contributed by atoms with E-state index in [1.165, 1.54) is 0 Å². The number of nitrogens with one attached hydrogen (secondary N) is 2. The highest BCUT2D eigenvalue weighted by molar-refractivity contribution is 5.97. The van der Waals surface area contributed by atoms with Crippen LogP contribution in [0.1, 0.15) is 51.9 Å². The minimum Gasteiger partial charge on any atom is -0.370 e. The Kier molecular flexibility index (Phi) is 7.38. The molecule has 24 heavy (non-hydrogen) atoms. The maximum absolute atomic E-state index is 12.4. The summed E-state index contributed by atoms with van der Waals surface area (Å²) < 4.78 is 5.83. The molecule has 1 aromatic carbocycles. The largest absolute Gasteiger partial charge is 0.370 e. The molecular weight excluding hydrogens is 308 g/mol. The van der Waals surface area contributed by atoms with E-state index in [2.05, 4.69) is 10.8 Å². The van der Waals surface area contributed by atoms with E-state index in [1.807, 2.05) is 26.8 Å². The molecule has 2 atom stereocenters. The lowest BCUT2D eigenvalue weighted by Crippen LogP contribution is -2.54. The van der Waals surface area contributed by atoms with Crippen LogP contribution in [0.3, 0.4) is 0 Å². The first-order valence-corrected chi connectivity index (χ1v) is 8.09. The van der Waals surface area contributed by atoms with Crippen molar-refractivity contribution in [3.63, 3.8) is 0 Å². The summed E-state index contributed by atoms with van der Waals surface area (Å²) in [6, 6.07) is 7.84. The Balaban J connectivity index is 2.87. The Morgan fingerprint density at radius 1 is 1.04 bits per heavy atom. The van der Waals surface area contributed by atoms with Crippen molar-refractivity contribution in [1.29, 1.82) is 0 Å². The lowest BCUT2D eigenvalue weighted by atomic mass is 10.1. The summed E-state index contributed by atoms with van der Waals surface area (Å²) in [7, 11) is 0. The van der Waals surface area contributed by atoms with Crippen molar-refractivity contribution >= 4 is 11.8 Å². The van der Waals surface area contributed by atoms with E-state index in [1.54, 1.807) is 45.0 Å². The molecule has 0 spiro atoms. The van der Waals surface area contributed by atoms with Crippen molar-refractivity contribution in [3.8, 4) is 0 Å². The molecule has 0 aliphatic carbocycles. The molecule has 0 aliphatic heterocycles. The smallest absolute Gasteiger partial charge is 0.268 e. The molecule has 2 N–H and O–H groups in total. The first-order chi connectivity index (χ1) is 11.1. The molecule has 6 nitrogen and oxygen atoms in total. The van der Waals surface area contributed by atoms with Crippen molar-refractivity contribution in [3.05, 3.63) is 35.9 Å². The standard InChI is InChI=1S/C18H28N2O4/c1-12(2)24-20-17(22)15(13(3)23-18(4,5)6)19-16(21)14-10-8-7-9-11-14/h7-13,15H,1-6H3,(H,19,21)(H,20,22). The van der Waals surface area contributed by atoms with E-state index in [9.17, 15) is 9.59 Å². The van der Waals surface area contributed by atoms with Gasteiger partial charge in [-0.05, 0) is 53.7 Å². The van der Waals surface area contributed by atoms with Crippen LogP contribution in [0, 0.1) is 0 Å². The van der Waals surface area contributed by atoms with Crippen LogP contribution in [-0.4, -0.2) is 35.7 Å². The topological polar surface area (TPSA) is 76.7 Å². The second kappa shape index (κ2) is 8.80. The highest BCUT2D eigenvalue weighted by Crippen LogP contribution is 2.14. The summed E-state index contributed by atoms with van der Waals surface area (Å²) in [6.07, 6.45) is -0.702. The highest BCUT2D eigenvalue weighted by Gasteiger charge is 2.31. The van der Waals surface area contributed by atoms with E-state index < -0.39 is 23.7 Å². The monoisotopic (exact) mass is 336 g/mol. The van der Waals surface area contributed by atoms with Gasteiger partial charge in [-0.15, -0.1) is 0 Å². The predicted molar refractivity (Wildman–Crippen MR) is 92.4 cm³/mol. The highest BCUT2D eigenvalue weighted by atomic mass is 16.7. The lowest BCUT2D eigenvalue weighted by molar-refractivity contribution is -0.146. The number of carbonyl (C=O) groups excluding carboxylic acids is 2. The third-order valence-corrected chi connectivity index (χ3v) is 3.01. The van der Waals surface area contributed by atoms with Crippen LogP contribution in [0.2, 0.25) is 0 Å². The molecule has 2 amide bonds. The van der Waals surface area contributed by atoms with Gasteiger partial charge in [0.1, 0.15) is 6.04 Å². The van der Waals surface area contributed by atoms with Gasteiger partial charge in [-0.25, -0.2) is 5.48 Å². The Hall–Kier alpha value is -1.92. The van der Waals surface area contributed by atoms with Crippen LogP contribution in [-0.2, 0) is 14.4 Å². The van der Waals surface area contributed by atoms with Crippen LogP contribution in [0.25, 0.3) is 0 Å². The second-order valence-corrected chi connectivity index (χ2v) is 6.89. The second-order valence-electron chi connectivity index (χ2n) is 6.89. The van der Waals surface area contributed by atoms with Crippen molar-refractivity contribution < 1.29 is 19.2 Å². The molecule has 0 bridgehead atoms. The van der Waals surface area contributed by atoms with Crippen LogP contribution < -0.4 is 10.8 Å². The Morgan fingerprint density at radius 3 is 2.12 bits per heavy atom. The molecule has 134 valence electrons. The SMILES string of the molecule is CC(C)ONC(=O)C(NC(=O)c1ccccc1)C(C)OC(C)(C)C. The van der Waals surface area contributed by atoms with Gasteiger partial charge >= 0.3 is 0 Å². The summed E-state index contributed by atoms with van der Waals surface area (Å²) >= 11 is 0. The number of hydrogen-bond acceptors (Lipinski definition) is 4. The Morgan fingerprint density at radius 2 is 1.62 bits per heavy atom. The van der Waals surface area contributed by atoms with Crippen LogP contribution >= 0.6 is 0 Å². The fraction of sp³-hybridized carbons (Fsp3) is 0.556. The van der Waals surface area contributed by atoms with Gasteiger partial charge in [-0.1, -0.05) is 18.2 Å². The van der Waals surface area contributed by atoms with E-state index in [0.717, 1.165) is 0 Å². The minimum absolute atomic E-state index is 0.168. The number of rotatable bonds is 7. The summed E-state index contributed by atoms with van der Waals surface area (Å²) in [5, 5.41) is 2.72. The molecule has 0 aromatic heterocycles. The van der Waals surface area contributed by atoms with Crippen molar-refractivity contribution in [2.45, 2.75) is 65.4 Å². The molecule has 0 aliphatic rings. The number of hydrogen-bond donors (Lipinski definition) is 2. The third kappa shape index (κ3) is 7.10. The maximum Gasteiger partial charge on any atom is 0.268 e.